The lowest BCUT2D eigenvalue weighted by Gasteiger charge is -2.23. The highest BCUT2D eigenvalue weighted by atomic mass is 16.4. The summed E-state index contributed by atoms with van der Waals surface area (Å²) in [5.41, 5.74) is 11.7. The summed E-state index contributed by atoms with van der Waals surface area (Å²) in [7, 11) is 0. The molecule has 68 heavy (non-hydrogen) atoms. The van der Waals surface area contributed by atoms with Crippen LogP contribution in [0.1, 0.15) is 88.5 Å². The number of aryl methyl sites for hydroxylation is 2. The lowest BCUT2D eigenvalue weighted by atomic mass is 10.1. The lowest BCUT2D eigenvalue weighted by Crippen LogP contribution is -2.25. The Hall–Kier alpha value is -8.68. The van der Waals surface area contributed by atoms with Crippen molar-refractivity contribution in [3.63, 3.8) is 0 Å². The fourth-order valence-corrected chi connectivity index (χ4v) is 7.81. The molecule has 1 aliphatic rings. The molecule has 0 aliphatic carbocycles. The van der Waals surface area contributed by atoms with Gasteiger partial charge in [-0.2, -0.15) is 0 Å². The number of hydrogen-bond acceptors (Lipinski definition) is 10. The van der Waals surface area contributed by atoms with E-state index in [1.165, 1.54) is 12.1 Å². The molecular formula is C56H44N8O4. The van der Waals surface area contributed by atoms with Crippen LogP contribution in [0.3, 0.4) is 0 Å². The summed E-state index contributed by atoms with van der Waals surface area (Å²) in [6.45, 7) is 6.10. The van der Waals surface area contributed by atoms with E-state index >= 15 is 0 Å². The maximum Gasteiger partial charge on any atom is 0.354 e. The molecule has 0 atom stereocenters. The summed E-state index contributed by atoms with van der Waals surface area (Å²) in [5, 5.41) is 20.2. The maximum atomic E-state index is 12.3. The number of carbonyl (C=O) groups is 2. The van der Waals surface area contributed by atoms with Crippen molar-refractivity contribution >= 4 is 11.9 Å². The van der Waals surface area contributed by atoms with Crippen molar-refractivity contribution in [3.05, 3.63) is 225 Å². The molecule has 12 nitrogen and oxygen atoms in total. The number of rotatable bonds is 6. The van der Waals surface area contributed by atoms with Crippen LogP contribution in [-0.2, 0) is 39.3 Å². The molecule has 2 N–H and O–H groups in total. The van der Waals surface area contributed by atoms with Gasteiger partial charge in [0, 0.05) is 61.5 Å². The van der Waals surface area contributed by atoms with E-state index in [0.717, 1.165) is 45.0 Å². The number of pyridine rings is 6. The third kappa shape index (κ3) is 11.6. The zero-order valence-electron chi connectivity index (χ0n) is 37.4. The second-order valence-corrected chi connectivity index (χ2v) is 16.7. The highest BCUT2D eigenvalue weighted by molar-refractivity contribution is 5.86. The molecule has 0 unspecified atom stereocenters. The molecule has 6 aromatic heterocycles. The van der Waals surface area contributed by atoms with Crippen LogP contribution in [-0.4, -0.2) is 61.9 Å². The summed E-state index contributed by atoms with van der Waals surface area (Å²) < 4.78 is 0. The molecule has 12 heteroatoms. The minimum atomic E-state index is -1.14. The van der Waals surface area contributed by atoms with E-state index in [-0.39, 0.29) is 24.5 Å². The molecule has 7 heterocycles. The van der Waals surface area contributed by atoms with Gasteiger partial charge in [0.15, 0.2) is 0 Å². The summed E-state index contributed by atoms with van der Waals surface area (Å²) in [6, 6.07) is 45.7. The standard InChI is InChI=1S/C56H44N8O4/c1-37-15-19-39(20-16-37)23-25-41-27-47(61-53(29-41)55(65)66)35-63-31-43-7-3-11-49(57-43)51-13-5-9-45(59-51)33-64(34-46-10-6-14-52(60-46)50-12-4-8-44(32-63)58-50)36-48-28-42(30-54(62-48)56(67)68)26-24-40-21-17-38(2)18-22-40/h3-22,27-30H,31-36H2,1-2H3,(H,65,66)(H,67,68). The number of hydrogen-bond donors (Lipinski definition) is 2. The molecule has 0 spiro atoms. The van der Waals surface area contributed by atoms with E-state index in [4.69, 9.17) is 19.9 Å². The van der Waals surface area contributed by atoms with Gasteiger partial charge in [0.2, 0.25) is 0 Å². The predicted molar refractivity (Wildman–Crippen MR) is 258 cm³/mol. The SMILES string of the molecule is Cc1ccc(C#Cc2cc(CN3Cc4cccc(n4)-c4cccc(n4)CN(Cc4cc(C#Cc5ccc(C)cc5)cc(C(=O)O)n4)Cc4cccc(n4)-c4cccc(n4)C3)nc(C(=O)O)c2)cc1. The Morgan fingerprint density at radius 1 is 0.426 bits per heavy atom. The van der Waals surface area contributed by atoms with Gasteiger partial charge >= 0.3 is 11.9 Å². The fraction of sp³-hybridized carbons (Fsp3) is 0.143. The topological polar surface area (TPSA) is 158 Å². The summed E-state index contributed by atoms with van der Waals surface area (Å²) >= 11 is 0. The molecule has 8 aromatic rings. The molecule has 0 saturated heterocycles. The molecule has 332 valence electrons. The van der Waals surface area contributed by atoms with Gasteiger partial charge in [-0.3, -0.25) is 9.80 Å². The first-order valence-electron chi connectivity index (χ1n) is 22.0. The van der Waals surface area contributed by atoms with Crippen LogP contribution in [0, 0.1) is 37.5 Å². The first-order valence-corrected chi connectivity index (χ1v) is 22.0. The first-order chi connectivity index (χ1) is 33.0. The third-order valence-electron chi connectivity index (χ3n) is 11.1. The Labute approximate surface area is 394 Å². The Morgan fingerprint density at radius 3 is 1.04 bits per heavy atom. The minimum absolute atomic E-state index is 0.0918. The smallest absolute Gasteiger partial charge is 0.354 e. The van der Waals surface area contributed by atoms with E-state index in [0.29, 0.717) is 71.5 Å². The summed E-state index contributed by atoms with van der Waals surface area (Å²) in [5.74, 6) is 10.3. The van der Waals surface area contributed by atoms with E-state index in [1.807, 2.05) is 147 Å². The van der Waals surface area contributed by atoms with Gasteiger partial charge in [0.1, 0.15) is 11.4 Å². The highest BCUT2D eigenvalue weighted by Crippen LogP contribution is 2.23. The van der Waals surface area contributed by atoms with Crippen molar-refractivity contribution < 1.29 is 19.8 Å². The molecule has 0 saturated carbocycles. The minimum Gasteiger partial charge on any atom is -0.477 e. The van der Waals surface area contributed by atoms with Gasteiger partial charge in [0.25, 0.3) is 0 Å². The van der Waals surface area contributed by atoms with Crippen LogP contribution in [0.15, 0.2) is 146 Å². The van der Waals surface area contributed by atoms with E-state index in [1.54, 1.807) is 0 Å². The van der Waals surface area contributed by atoms with Crippen LogP contribution in [0.5, 0.6) is 0 Å². The van der Waals surface area contributed by atoms with Crippen LogP contribution in [0.2, 0.25) is 0 Å². The second-order valence-electron chi connectivity index (χ2n) is 16.7. The van der Waals surface area contributed by atoms with Gasteiger partial charge in [-0.05, 0) is 111 Å². The average molecular weight is 893 g/mol. The number of fused-ring (bicyclic) bond motifs is 10. The maximum absolute atomic E-state index is 12.3. The molecule has 0 amide bonds. The number of aromatic nitrogens is 6. The normalized spacial score (nSPS) is 12.6. The van der Waals surface area contributed by atoms with E-state index < -0.39 is 11.9 Å². The van der Waals surface area contributed by atoms with Gasteiger partial charge in [-0.1, -0.05) is 83.3 Å². The van der Waals surface area contributed by atoms with Gasteiger partial charge in [0.05, 0.1) is 56.9 Å². The molecule has 1 aliphatic heterocycles. The number of aromatic carboxylic acids is 2. The van der Waals surface area contributed by atoms with Crippen LogP contribution < -0.4 is 0 Å². The Morgan fingerprint density at radius 2 is 0.735 bits per heavy atom. The molecular weight excluding hydrogens is 849 g/mol. The van der Waals surface area contributed by atoms with Crippen LogP contribution in [0.25, 0.3) is 22.8 Å². The zero-order valence-corrected chi connectivity index (χ0v) is 37.4. The second kappa shape index (κ2) is 20.2. The van der Waals surface area contributed by atoms with Gasteiger partial charge < -0.3 is 10.2 Å². The predicted octanol–water partition coefficient (Wildman–Crippen LogP) is 8.92. The lowest BCUT2D eigenvalue weighted by molar-refractivity contribution is 0.0679. The average Bonchev–Trinajstić information content (AvgIpc) is 3.33. The van der Waals surface area contributed by atoms with Crippen molar-refractivity contribution in [2.75, 3.05) is 0 Å². The van der Waals surface area contributed by atoms with E-state index in [2.05, 4.69) is 43.4 Å². The third-order valence-corrected chi connectivity index (χ3v) is 11.1. The Kier molecular flexibility index (Phi) is 13.2. The quantitative estimate of drug-likeness (QED) is 0.153. The van der Waals surface area contributed by atoms with Crippen molar-refractivity contribution in [1.29, 1.82) is 0 Å². The number of benzene rings is 2. The summed E-state index contributed by atoms with van der Waals surface area (Å²) in [6.07, 6.45) is 0. The summed E-state index contributed by atoms with van der Waals surface area (Å²) in [4.78, 5) is 58.4. The monoisotopic (exact) mass is 892 g/mol. The van der Waals surface area contributed by atoms with E-state index in [9.17, 15) is 19.8 Å². The number of carboxylic acid groups (broad SMARTS) is 2. The van der Waals surface area contributed by atoms with Crippen molar-refractivity contribution in [2.45, 2.75) is 53.1 Å². The van der Waals surface area contributed by atoms with Crippen molar-refractivity contribution in [3.8, 4) is 46.5 Å². The first kappa shape index (κ1) is 44.5. The molecule has 8 bridgehead atoms. The van der Waals surface area contributed by atoms with Crippen molar-refractivity contribution in [2.24, 2.45) is 0 Å². The highest BCUT2D eigenvalue weighted by Gasteiger charge is 2.19. The number of carboxylic acids is 2. The van der Waals surface area contributed by atoms with Crippen LogP contribution in [0.4, 0.5) is 0 Å². The van der Waals surface area contributed by atoms with Crippen molar-refractivity contribution in [1.82, 2.24) is 39.7 Å². The number of nitrogens with zero attached hydrogens (tertiary/aromatic N) is 8. The largest absolute Gasteiger partial charge is 0.477 e. The molecule has 2 aromatic carbocycles. The van der Waals surface area contributed by atoms with Gasteiger partial charge in [-0.25, -0.2) is 39.5 Å². The Balaban J connectivity index is 1.07. The molecule has 0 radical (unpaired) electrons. The molecule has 0 fully saturated rings. The van der Waals surface area contributed by atoms with Gasteiger partial charge in [-0.15, -0.1) is 0 Å². The van der Waals surface area contributed by atoms with Crippen LogP contribution >= 0.6 is 0 Å². The zero-order chi connectivity index (χ0) is 47.0. The molecule has 9 rings (SSSR count). The fourth-order valence-electron chi connectivity index (χ4n) is 7.81. The Bertz CT molecular complexity index is 3000.